The third-order valence-corrected chi connectivity index (χ3v) is 3.22. The van der Waals surface area contributed by atoms with E-state index < -0.39 is 18.1 Å². The first-order chi connectivity index (χ1) is 9.94. The van der Waals surface area contributed by atoms with E-state index in [-0.39, 0.29) is 5.78 Å². The maximum Gasteiger partial charge on any atom is 0.320 e. The predicted molar refractivity (Wildman–Crippen MR) is 78.2 cm³/mol. The van der Waals surface area contributed by atoms with E-state index in [2.05, 4.69) is 5.32 Å². The number of carbonyl (C=O) groups is 2. The quantitative estimate of drug-likeness (QED) is 0.710. The number of carboxylic acids is 1. The third-order valence-electron chi connectivity index (χ3n) is 3.22. The number of carbonyl (C=O) groups excluding carboxylic acids is 1. The summed E-state index contributed by atoms with van der Waals surface area (Å²) in [5.41, 5.74) is 0.358. The fourth-order valence-electron chi connectivity index (χ4n) is 1.98. The molecule has 21 heavy (non-hydrogen) atoms. The molecule has 0 amide bonds. The van der Waals surface area contributed by atoms with Crippen molar-refractivity contribution in [3.63, 3.8) is 0 Å². The zero-order valence-corrected chi connectivity index (χ0v) is 12.7. The van der Waals surface area contributed by atoms with Gasteiger partial charge in [0, 0.05) is 0 Å². The number of methoxy groups -OCH3 is 2. The lowest BCUT2D eigenvalue weighted by Crippen LogP contribution is -2.45. The molecule has 6 heteroatoms. The number of Topliss-reactive ketones (excluding diaryl/α,β-unsaturated/α-hetero) is 1. The normalized spacial score (nSPS) is 13.3. The Hall–Kier alpha value is -2.08. The average molecular weight is 295 g/mol. The van der Waals surface area contributed by atoms with Gasteiger partial charge >= 0.3 is 5.97 Å². The van der Waals surface area contributed by atoms with E-state index in [1.54, 1.807) is 32.0 Å². The second-order valence-corrected chi connectivity index (χ2v) is 4.62. The highest BCUT2D eigenvalue weighted by molar-refractivity contribution is 6.02. The zero-order valence-electron chi connectivity index (χ0n) is 12.7. The number of rotatable bonds is 8. The van der Waals surface area contributed by atoms with Crippen molar-refractivity contribution in [1.82, 2.24) is 5.32 Å². The van der Waals surface area contributed by atoms with Gasteiger partial charge in [-0.05, 0) is 31.5 Å². The van der Waals surface area contributed by atoms with E-state index >= 15 is 0 Å². The molecule has 0 radical (unpaired) electrons. The van der Waals surface area contributed by atoms with Crippen LogP contribution in [0.2, 0.25) is 0 Å². The predicted octanol–water partition coefficient (Wildman–Crippen LogP) is 1.73. The van der Waals surface area contributed by atoms with Crippen molar-refractivity contribution < 1.29 is 24.2 Å². The standard InChI is InChI=1S/C15H21NO5/c1-5-12(15(18)19)16-9(2)14(17)11-8-10(20-3)6-7-13(11)21-4/h6-9,12,16H,5H2,1-4H3,(H,18,19). The van der Waals surface area contributed by atoms with Gasteiger partial charge in [-0.3, -0.25) is 14.9 Å². The van der Waals surface area contributed by atoms with Crippen molar-refractivity contribution in [2.75, 3.05) is 14.2 Å². The molecule has 0 fully saturated rings. The largest absolute Gasteiger partial charge is 0.497 e. The van der Waals surface area contributed by atoms with Crippen LogP contribution >= 0.6 is 0 Å². The van der Waals surface area contributed by atoms with Crippen molar-refractivity contribution in [3.8, 4) is 11.5 Å². The minimum atomic E-state index is -0.977. The summed E-state index contributed by atoms with van der Waals surface area (Å²) in [5.74, 6) is -0.255. The number of aliphatic carboxylic acids is 1. The van der Waals surface area contributed by atoms with E-state index in [0.29, 0.717) is 23.5 Å². The molecule has 0 spiro atoms. The minimum Gasteiger partial charge on any atom is -0.497 e. The van der Waals surface area contributed by atoms with Crippen LogP contribution < -0.4 is 14.8 Å². The maximum atomic E-state index is 12.5. The molecule has 116 valence electrons. The number of benzene rings is 1. The Balaban J connectivity index is 2.98. The van der Waals surface area contributed by atoms with E-state index in [0.717, 1.165) is 0 Å². The number of hydrogen-bond donors (Lipinski definition) is 2. The average Bonchev–Trinajstić information content (AvgIpc) is 2.50. The maximum absolute atomic E-state index is 12.5. The molecule has 2 unspecified atom stereocenters. The fourth-order valence-corrected chi connectivity index (χ4v) is 1.98. The molecular weight excluding hydrogens is 274 g/mol. The molecule has 1 aromatic rings. The van der Waals surface area contributed by atoms with Gasteiger partial charge < -0.3 is 14.6 Å². The number of carboxylic acid groups (broad SMARTS) is 1. The van der Waals surface area contributed by atoms with Crippen molar-refractivity contribution >= 4 is 11.8 Å². The van der Waals surface area contributed by atoms with Gasteiger partial charge in [0.05, 0.1) is 25.8 Å². The highest BCUT2D eigenvalue weighted by atomic mass is 16.5. The van der Waals surface area contributed by atoms with Gasteiger partial charge in [-0.25, -0.2) is 0 Å². The molecule has 0 saturated carbocycles. The van der Waals surface area contributed by atoms with E-state index in [1.165, 1.54) is 14.2 Å². The molecule has 0 saturated heterocycles. The minimum absolute atomic E-state index is 0.245. The molecule has 1 aromatic carbocycles. The summed E-state index contributed by atoms with van der Waals surface area (Å²) in [6.07, 6.45) is 0.391. The van der Waals surface area contributed by atoms with Gasteiger partial charge in [-0.15, -0.1) is 0 Å². The van der Waals surface area contributed by atoms with E-state index in [4.69, 9.17) is 14.6 Å². The Bertz CT molecular complexity index is 515. The lowest BCUT2D eigenvalue weighted by atomic mass is 10.0. The highest BCUT2D eigenvalue weighted by Gasteiger charge is 2.24. The summed E-state index contributed by atoms with van der Waals surface area (Å²) in [7, 11) is 2.98. The number of hydrogen-bond acceptors (Lipinski definition) is 5. The summed E-state index contributed by atoms with van der Waals surface area (Å²) < 4.78 is 10.3. The molecule has 0 aliphatic heterocycles. The van der Waals surface area contributed by atoms with E-state index in [9.17, 15) is 9.59 Å². The van der Waals surface area contributed by atoms with E-state index in [1.807, 2.05) is 0 Å². The van der Waals surface area contributed by atoms with Crippen LogP contribution in [0.4, 0.5) is 0 Å². The molecule has 1 rings (SSSR count). The van der Waals surface area contributed by atoms with Crippen LogP contribution in [0.5, 0.6) is 11.5 Å². The van der Waals surface area contributed by atoms with Crippen molar-refractivity contribution in [2.24, 2.45) is 0 Å². The van der Waals surface area contributed by atoms with Gasteiger partial charge in [-0.2, -0.15) is 0 Å². The molecular formula is C15H21NO5. The molecule has 0 aromatic heterocycles. The molecule has 0 bridgehead atoms. The number of ketones is 1. The van der Waals surface area contributed by atoms with Crippen molar-refractivity contribution in [2.45, 2.75) is 32.4 Å². The SMILES string of the molecule is CCC(NC(C)C(=O)c1cc(OC)ccc1OC)C(=O)O. The summed E-state index contributed by atoms with van der Waals surface area (Å²) in [4.78, 5) is 23.5. The van der Waals surface area contributed by atoms with Crippen molar-refractivity contribution in [1.29, 1.82) is 0 Å². The van der Waals surface area contributed by atoms with Gasteiger partial charge in [0.1, 0.15) is 17.5 Å². The zero-order chi connectivity index (χ0) is 16.0. The van der Waals surface area contributed by atoms with Gasteiger partial charge in [0.2, 0.25) is 0 Å². The Morgan fingerprint density at radius 2 is 1.95 bits per heavy atom. The highest BCUT2D eigenvalue weighted by Crippen LogP contribution is 2.25. The lowest BCUT2D eigenvalue weighted by Gasteiger charge is -2.19. The summed E-state index contributed by atoms with van der Waals surface area (Å²) in [5, 5.41) is 11.8. The summed E-state index contributed by atoms with van der Waals surface area (Å²) in [6, 6.07) is 3.52. The first kappa shape index (κ1) is 17.0. The monoisotopic (exact) mass is 295 g/mol. The van der Waals surface area contributed by atoms with Crippen LogP contribution in [0, 0.1) is 0 Å². The number of nitrogens with one attached hydrogen (secondary N) is 1. The van der Waals surface area contributed by atoms with Crippen LogP contribution in [-0.4, -0.2) is 43.2 Å². The Kier molecular flexibility index (Phi) is 6.17. The van der Waals surface area contributed by atoms with Crippen LogP contribution in [0.3, 0.4) is 0 Å². The Morgan fingerprint density at radius 3 is 2.43 bits per heavy atom. The summed E-state index contributed by atoms with van der Waals surface area (Å²) in [6.45, 7) is 3.38. The second-order valence-electron chi connectivity index (χ2n) is 4.62. The molecule has 0 aliphatic carbocycles. The molecule has 2 atom stereocenters. The molecule has 0 heterocycles. The fraction of sp³-hybridized carbons (Fsp3) is 0.467. The van der Waals surface area contributed by atoms with Crippen LogP contribution in [0.15, 0.2) is 18.2 Å². The van der Waals surface area contributed by atoms with Gasteiger partial charge in [0.25, 0.3) is 0 Å². The smallest absolute Gasteiger partial charge is 0.320 e. The molecule has 0 aliphatic rings. The van der Waals surface area contributed by atoms with Gasteiger partial charge in [-0.1, -0.05) is 6.92 Å². The first-order valence-corrected chi connectivity index (χ1v) is 6.69. The van der Waals surface area contributed by atoms with Crippen molar-refractivity contribution in [3.05, 3.63) is 23.8 Å². The second kappa shape index (κ2) is 7.64. The molecule has 2 N–H and O–H groups in total. The van der Waals surface area contributed by atoms with Crippen LogP contribution in [0.1, 0.15) is 30.6 Å². The Labute approximate surface area is 124 Å². The lowest BCUT2D eigenvalue weighted by molar-refractivity contribution is -0.139. The van der Waals surface area contributed by atoms with Crippen LogP contribution in [-0.2, 0) is 4.79 Å². The summed E-state index contributed by atoms with van der Waals surface area (Å²) >= 11 is 0. The topological polar surface area (TPSA) is 84.9 Å². The number of ether oxygens (including phenoxy) is 2. The van der Waals surface area contributed by atoms with Crippen LogP contribution in [0.25, 0.3) is 0 Å². The van der Waals surface area contributed by atoms with Gasteiger partial charge in [0.15, 0.2) is 5.78 Å². The third kappa shape index (κ3) is 4.19. The molecule has 6 nitrogen and oxygen atoms in total. The first-order valence-electron chi connectivity index (χ1n) is 6.69. The Morgan fingerprint density at radius 1 is 1.29 bits per heavy atom.